The summed E-state index contributed by atoms with van der Waals surface area (Å²) in [6, 6.07) is 9.77. The van der Waals surface area contributed by atoms with E-state index in [4.69, 9.17) is 4.42 Å². The fourth-order valence-corrected chi connectivity index (χ4v) is 3.32. The average molecular weight is 330 g/mol. The van der Waals surface area contributed by atoms with E-state index in [0.29, 0.717) is 6.54 Å². The Balaban J connectivity index is 1.62. The van der Waals surface area contributed by atoms with E-state index in [1.807, 2.05) is 51.2 Å². The summed E-state index contributed by atoms with van der Waals surface area (Å²) < 4.78 is 5.88. The Hall–Kier alpha value is -1.85. The molecule has 0 radical (unpaired) electrons. The number of benzene rings is 1. The van der Waals surface area contributed by atoms with Crippen molar-refractivity contribution in [2.45, 2.75) is 32.4 Å². The van der Waals surface area contributed by atoms with E-state index >= 15 is 0 Å². The van der Waals surface area contributed by atoms with Crippen LogP contribution >= 0.6 is 0 Å². The van der Waals surface area contributed by atoms with Crippen LogP contribution in [0.4, 0.5) is 0 Å². The number of para-hydroxylation sites is 1. The number of nitrogens with zero attached hydrogens (tertiary/aromatic N) is 2. The third-order valence-corrected chi connectivity index (χ3v) is 5.18. The lowest BCUT2D eigenvalue weighted by atomic mass is 10.0. The number of rotatable bonds is 5. The maximum absolute atomic E-state index is 12.6. The Morgan fingerprint density at radius 2 is 2.17 bits per heavy atom. The SMILES string of the molecule is CC(O)C1CCN(CC(=O)N(C)C(C)c2cc3ccccc3o2)C1. The minimum absolute atomic E-state index is 0.0780. The number of fused-ring (bicyclic) bond motifs is 1. The Morgan fingerprint density at radius 3 is 2.83 bits per heavy atom. The molecule has 3 atom stereocenters. The monoisotopic (exact) mass is 330 g/mol. The molecular weight excluding hydrogens is 304 g/mol. The van der Waals surface area contributed by atoms with Crippen LogP contribution in [-0.2, 0) is 4.79 Å². The smallest absolute Gasteiger partial charge is 0.237 e. The topological polar surface area (TPSA) is 56.9 Å². The summed E-state index contributed by atoms with van der Waals surface area (Å²) >= 11 is 0. The van der Waals surface area contributed by atoms with Gasteiger partial charge in [0.2, 0.25) is 5.91 Å². The number of carbonyl (C=O) groups excluding carboxylic acids is 1. The molecule has 1 aromatic heterocycles. The van der Waals surface area contributed by atoms with Gasteiger partial charge < -0.3 is 14.4 Å². The van der Waals surface area contributed by atoms with Crippen molar-refractivity contribution in [1.29, 1.82) is 0 Å². The van der Waals surface area contributed by atoms with Crippen molar-refractivity contribution in [3.63, 3.8) is 0 Å². The molecule has 1 N–H and O–H groups in total. The third-order valence-electron chi connectivity index (χ3n) is 5.18. The summed E-state index contributed by atoms with van der Waals surface area (Å²) in [5.74, 6) is 1.15. The van der Waals surface area contributed by atoms with Gasteiger partial charge in [-0.25, -0.2) is 0 Å². The molecule has 0 bridgehead atoms. The minimum Gasteiger partial charge on any atom is -0.459 e. The number of hydrogen-bond donors (Lipinski definition) is 1. The predicted molar refractivity (Wildman–Crippen MR) is 93.6 cm³/mol. The molecule has 2 heterocycles. The molecule has 2 aromatic rings. The first-order chi connectivity index (χ1) is 11.5. The Kier molecular flexibility index (Phi) is 4.92. The number of amides is 1. The van der Waals surface area contributed by atoms with Gasteiger partial charge in [0.05, 0.1) is 18.7 Å². The van der Waals surface area contributed by atoms with Gasteiger partial charge in [-0.1, -0.05) is 18.2 Å². The number of hydrogen-bond acceptors (Lipinski definition) is 4. The maximum atomic E-state index is 12.6. The second-order valence-electron chi connectivity index (χ2n) is 6.89. The number of aliphatic hydroxyl groups excluding tert-OH is 1. The van der Waals surface area contributed by atoms with Crippen LogP contribution in [0.1, 0.15) is 32.1 Å². The molecule has 1 aliphatic rings. The van der Waals surface area contributed by atoms with Crippen LogP contribution in [0, 0.1) is 5.92 Å². The number of likely N-dealkylation sites (tertiary alicyclic amines) is 1. The van der Waals surface area contributed by atoms with Gasteiger partial charge in [0.15, 0.2) is 0 Å². The fourth-order valence-electron chi connectivity index (χ4n) is 3.32. The summed E-state index contributed by atoms with van der Waals surface area (Å²) in [5, 5.41) is 10.7. The van der Waals surface area contributed by atoms with E-state index in [0.717, 1.165) is 36.2 Å². The standard InChI is InChI=1S/C19H26N2O3/c1-13(18-10-15-6-4-5-7-17(15)24-18)20(3)19(23)12-21-9-8-16(11-21)14(2)22/h4-7,10,13-14,16,22H,8-9,11-12H2,1-3H3. The summed E-state index contributed by atoms with van der Waals surface area (Å²) in [5.41, 5.74) is 0.847. The normalized spacial score (nSPS) is 21.1. The van der Waals surface area contributed by atoms with E-state index in [1.54, 1.807) is 4.90 Å². The summed E-state index contributed by atoms with van der Waals surface area (Å²) in [6.07, 6.45) is 0.644. The molecule has 0 aliphatic carbocycles. The van der Waals surface area contributed by atoms with Gasteiger partial charge in [0.1, 0.15) is 11.3 Å². The number of furan rings is 1. The van der Waals surface area contributed by atoms with Gasteiger partial charge in [-0.2, -0.15) is 0 Å². The first-order valence-corrected chi connectivity index (χ1v) is 8.60. The molecule has 130 valence electrons. The second kappa shape index (κ2) is 6.95. The largest absolute Gasteiger partial charge is 0.459 e. The van der Waals surface area contributed by atoms with Crippen LogP contribution in [0.25, 0.3) is 11.0 Å². The zero-order valence-corrected chi connectivity index (χ0v) is 14.6. The molecule has 3 rings (SSSR count). The minimum atomic E-state index is -0.308. The highest BCUT2D eigenvalue weighted by molar-refractivity contribution is 5.80. The Bertz CT molecular complexity index is 676. The molecule has 1 aliphatic heterocycles. The Morgan fingerprint density at radius 1 is 1.42 bits per heavy atom. The molecular formula is C19H26N2O3. The predicted octanol–water partition coefficient (Wildman–Crippen LogP) is 2.65. The molecule has 24 heavy (non-hydrogen) atoms. The molecule has 1 aromatic carbocycles. The van der Waals surface area contributed by atoms with E-state index < -0.39 is 0 Å². The molecule has 0 spiro atoms. The number of aliphatic hydroxyl groups is 1. The number of likely N-dealkylation sites (N-methyl/N-ethyl adjacent to an activating group) is 1. The zero-order chi connectivity index (χ0) is 17.3. The zero-order valence-electron chi connectivity index (χ0n) is 14.6. The van der Waals surface area contributed by atoms with Gasteiger partial charge in [-0.3, -0.25) is 9.69 Å². The third kappa shape index (κ3) is 3.47. The van der Waals surface area contributed by atoms with Crippen LogP contribution < -0.4 is 0 Å². The van der Waals surface area contributed by atoms with Crippen molar-refractivity contribution in [3.05, 3.63) is 36.1 Å². The van der Waals surface area contributed by atoms with Crippen LogP contribution in [0.2, 0.25) is 0 Å². The van der Waals surface area contributed by atoms with Crippen molar-refractivity contribution in [2.75, 3.05) is 26.7 Å². The maximum Gasteiger partial charge on any atom is 0.237 e. The lowest BCUT2D eigenvalue weighted by Crippen LogP contribution is -2.39. The van der Waals surface area contributed by atoms with E-state index in [-0.39, 0.29) is 24.0 Å². The van der Waals surface area contributed by atoms with Crippen LogP contribution in [-0.4, -0.2) is 53.6 Å². The van der Waals surface area contributed by atoms with E-state index in [9.17, 15) is 9.90 Å². The van der Waals surface area contributed by atoms with Crippen molar-refractivity contribution < 1.29 is 14.3 Å². The molecule has 1 saturated heterocycles. The Labute approximate surface area is 142 Å². The average Bonchev–Trinajstić information content (AvgIpc) is 3.19. The first kappa shape index (κ1) is 17.0. The summed E-state index contributed by atoms with van der Waals surface area (Å²) in [7, 11) is 1.82. The molecule has 5 nitrogen and oxygen atoms in total. The summed E-state index contributed by atoms with van der Waals surface area (Å²) in [6.45, 7) is 5.86. The molecule has 3 unspecified atom stereocenters. The molecule has 0 saturated carbocycles. The van der Waals surface area contributed by atoms with Crippen molar-refractivity contribution >= 4 is 16.9 Å². The van der Waals surface area contributed by atoms with Gasteiger partial charge >= 0.3 is 0 Å². The lowest BCUT2D eigenvalue weighted by Gasteiger charge is -2.26. The van der Waals surface area contributed by atoms with Crippen molar-refractivity contribution in [3.8, 4) is 0 Å². The van der Waals surface area contributed by atoms with Gasteiger partial charge in [0, 0.05) is 19.0 Å². The van der Waals surface area contributed by atoms with Crippen LogP contribution in [0.3, 0.4) is 0 Å². The van der Waals surface area contributed by atoms with Gasteiger partial charge in [-0.05, 0) is 44.9 Å². The molecule has 5 heteroatoms. The number of carbonyl (C=O) groups is 1. The van der Waals surface area contributed by atoms with E-state index in [2.05, 4.69) is 4.90 Å². The molecule has 1 fully saturated rings. The second-order valence-corrected chi connectivity index (χ2v) is 6.89. The quantitative estimate of drug-likeness (QED) is 0.916. The molecule has 1 amide bonds. The van der Waals surface area contributed by atoms with E-state index in [1.165, 1.54) is 0 Å². The summed E-state index contributed by atoms with van der Waals surface area (Å²) in [4.78, 5) is 16.5. The lowest BCUT2D eigenvalue weighted by molar-refractivity contribution is -0.133. The van der Waals surface area contributed by atoms with Gasteiger partial charge in [-0.15, -0.1) is 0 Å². The highest BCUT2D eigenvalue weighted by atomic mass is 16.3. The van der Waals surface area contributed by atoms with Crippen molar-refractivity contribution in [1.82, 2.24) is 9.80 Å². The first-order valence-electron chi connectivity index (χ1n) is 8.60. The van der Waals surface area contributed by atoms with Gasteiger partial charge in [0.25, 0.3) is 0 Å². The fraction of sp³-hybridized carbons (Fsp3) is 0.526. The highest BCUT2D eigenvalue weighted by Crippen LogP contribution is 2.27. The van der Waals surface area contributed by atoms with Crippen molar-refractivity contribution in [2.24, 2.45) is 5.92 Å². The van der Waals surface area contributed by atoms with Crippen LogP contribution in [0.15, 0.2) is 34.7 Å². The highest BCUT2D eigenvalue weighted by Gasteiger charge is 2.29. The van der Waals surface area contributed by atoms with Crippen LogP contribution in [0.5, 0.6) is 0 Å².